The Labute approximate surface area is 108 Å². The zero-order valence-electron chi connectivity index (χ0n) is 9.82. The predicted molar refractivity (Wildman–Crippen MR) is 69.8 cm³/mol. The number of carbonyl (C=O) groups is 1. The highest BCUT2D eigenvalue weighted by molar-refractivity contribution is 5.89. The SMILES string of the molecule is Nc1nc2ccc(-c3cccc(C(=O)O)c3)cn2n1. The van der Waals surface area contributed by atoms with Crippen LogP contribution in [0.4, 0.5) is 5.95 Å². The molecule has 3 rings (SSSR count). The maximum atomic E-state index is 11.0. The second kappa shape index (κ2) is 4.09. The third kappa shape index (κ3) is 1.99. The number of nitrogens with zero attached hydrogens (tertiary/aromatic N) is 3. The number of nitrogens with two attached hydrogens (primary N) is 1. The quantitative estimate of drug-likeness (QED) is 0.725. The fraction of sp³-hybridized carbons (Fsp3) is 0. The Kier molecular flexibility index (Phi) is 2.42. The minimum Gasteiger partial charge on any atom is -0.478 e. The molecule has 0 aliphatic heterocycles. The van der Waals surface area contributed by atoms with Crippen LogP contribution >= 0.6 is 0 Å². The van der Waals surface area contributed by atoms with Crippen LogP contribution in [-0.2, 0) is 0 Å². The van der Waals surface area contributed by atoms with Crippen molar-refractivity contribution in [3.05, 3.63) is 48.2 Å². The summed E-state index contributed by atoms with van der Waals surface area (Å²) in [6, 6.07) is 10.4. The average molecular weight is 254 g/mol. The maximum absolute atomic E-state index is 11.0. The lowest BCUT2D eigenvalue weighted by Crippen LogP contribution is -1.96. The van der Waals surface area contributed by atoms with Crippen molar-refractivity contribution in [1.82, 2.24) is 14.6 Å². The molecule has 0 unspecified atom stereocenters. The molecule has 3 aromatic rings. The van der Waals surface area contributed by atoms with Gasteiger partial charge in [-0.15, -0.1) is 5.10 Å². The molecule has 19 heavy (non-hydrogen) atoms. The molecule has 2 heterocycles. The van der Waals surface area contributed by atoms with E-state index < -0.39 is 5.97 Å². The first-order valence-corrected chi connectivity index (χ1v) is 5.59. The zero-order chi connectivity index (χ0) is 13.4. The van der Waals surface area contributed by atoms with Crippen molar-refractivity contribution in [3.63, 3.8) is 0 Å². The second-order valence-corrected chi connectivity index (χ2v) is 4.08. The van der Waals surface area contributed by atoms with Crippen molar-refractivity contribution in [2.24, 2.45) is 0 Å². The van der Waals surface area contributed by atoms with Crippen LogP contribution in [0.25, 0.3) is 16.8 Å². The van der Waals surface area contributed by atoms with E-state index in [9.17, 15) is 4.79 Å². The number of rotatable bonds is 2. The Balaban J connectivity index is 2.12. The topological polar surface area (TPSA) is 93.5 Å². The van der Waals surface area contributed by atoms with Gasteiger partial charge in [0.05, 0.1) is 5.56 Å². The summed E-state index contributed by atoms with van der Waals surface area (Å²) in [4.78, 5) is 15.0. The number of carboxylic acid groups (broad SMARTS) is 1. The van der Waals surface area contributed by atoms with E-state index in [0.29, 0.717) is 5.65 Å². The third-order valence-electron chi connectivity index (χ3n) is 2.79. The summed E-state index contributed by atoms with van der Waals surface area (Å²) < 4.78 is 1.57. The third-order valence-corrected chi connectivity index (χ3v) is 2.79. The molecule has 0 aliphatic carbocycles. The van der Waals surface area contributed by atoms with Crippen LogP contribution in [0.2, 0.25) is 0 Å². The first kappa shape index (κ1) is 11.2. The number of anilines is 1. The van der Waals surface area contributed by atoms with Crippen molar-refractivity contribution in [3.8, 4) is 11.1 Å². The number of hydrogen-bond acceptors (Lipinski definition) is 4. The lowest BCUT2D eigenvalue weighted by atomic mass is 10.1. The molecule has 94 valence electrons. The van der Waals surface area contributed by atoms with Gasteiger partial charge in [-0.25, -0.2) is 9.31 Å². The van der Waals surface area contributed by atoms with E-state index in [1.54, 1.807) is 35.0 Å². The van der Waals surface area contributed by atoms with Crippen LogP contribution in [0.3, 0.4) is 0 Å². The number of carboxylic acids is 1. The van der Waals surface area contributed by atoms with Crippen molar-refractivity contribution in [2.75, 3.05) is 5.73 Å². The number of pyridine rings is 1. The molecule has 1 aromatic carbocycles. The van der Waals surface area contributed by atoms with E-state index in [1.165, 1.54) is 0 Å². The van der Waals surface area contributed by atoms with Gasteiger partial charge < -0.3 is 10.8 Å². The molecule has 2 aromatic heterocycles. The van der Waals surface area contributed by atoms with Crippen LogP contribution in [0.5, 0.6) is 0 Å². The van der Waals surface area contributed by atoms with E-state index in [0.717, 1.165) is 11.1 Å². The van der Waals surface area contributed by atoms with Crippen LogP contribution in [0.15, 0.2) is 42.6 Å². The van der Waals surface area contributed by atoms with Gasteiger partial charge in [-0.1, -0.05) is 12.1 Å². The number of aromatic nitrogens is 3. The molecule has 0 radical (unpaired) electrons. The molecule has 6 heteroatoms. The Morgan fingerprint density at radius 1 is 1.21 bits per heavy atom. The van der Waals surface area contributed by atoms with Crippen molar-refractivity contribution >= 4 is 17.6 Å². The highest BCUT2D eigenvalue weighted by atomic mass is 16.4. The van der Waals surface area contributed by atoms with Crippen LogP contribution in [0, 0.1) is 0 Å². The van der Waals surface area contributed by atoms with Crippen molar-refractivity contribution < 1.29 is 9.90 Å². The molecule has 0 amide bonds. The van der Waals surface area contributed by atoms with E-state index in [4.69, 9.17) is 10.8 Å². The lowest BCUT2D eigenvalue weighted by molar-refractivity contribution is 0.0697. The monoisotopic (exact) mass is 254 g/mol. The molecule has 6 nitrogen and oxygen atoms in total. The van der Waals surface area contributed by atoms with Gasteiger partial charge in [0.1, 0.15) is 0 Å². The fourth-order valence-corrected chi connectivity index (χ4v) is 1.90. The van der Waals surface area contributed by atoms with Gasteiger partial charge in [-0.2, -0.15) is 4.98 Å². The molecular formula is C13H10N4O2. The smallest absolute Gasteiger partial charge is 0.335 e. The number of nitrogen functional groups attached to an aromatic ring is 1. The van der Waals surface area contributed by atoms with Gasteiger partial charge in [0.25, 0.3) is 0 Å². The molecule has 0 atom stereocenters. The minimum absolute atomic E-state index is 0.205. The predicted octanol–water partition coefficient (Wildman–Crippen LogP) is 1.68. The van der Waals surface area contributed by atoms with E-state index in [1.807, 2.05) is 12.1 Å². The molecule has 0 saturated heterocycles. The summed E-state index contributed by atoms with van der Waals surface area (Å²) in [7, 11) is 0. The van der Waals surface area contributed by atoms with Crippen LogP contribution in [0.1, 0.15) is 10.4 Å². The Hall–Kier alpha value is -2.89. The van der Waals surface area contributed by atoms with E-state index in [2.05, 4.69) is 10.1 Å². The van der Waals surface area contributed by atoms with Gasteiger partial charge in [0, 0.05) is 11.8 Å². The summed E-state index contributed by atoms with van der Waals surface area (Å²) in [5.41, 5.74) is 8.07. The Morgan fingerprint density at radius 2 is 2.05 bits per heavy atom. The Morgan fingerprint density at radius 3 is 2.84 bits per heavy atom. The number of hydrogen-bond donors (Lipinski definition) is 2. The summed E-state index contributed by atoms with van der Waals surface area (Å²) in [6.45, 7) is 0. The molecule has 0 aliphatic rings. The van der Waals surface area contributed by atoms with Gasteiger partial charge in [-0.05, 0) is 29.8 Å². The maximum Gasteiger partial charge on any atom is 0.335 e. The molecular weight excluding hydrogens is 244 g/mol. The van der Waals surface area contributed by atoms with Crippen LogP contribution < -0.4 is 5.73 Å². The van der Waals surface area contributed by atoms with E-state index in [-0.39, 0.29) is 11.5 Å². The zero-order valence-corrected chi connectivity index (χ0v) is 9.82. The van der Waals surface area contributed by atoms with Crippen molar-refractivity contribution in [2.45, 2.75) is 0 Å². The first-order valence-electron chi connectivity index (χ1n) is 5.59. The van der Waals surface area contributed by atoms with Gasteiger partial charge in [-0.3, -0.25) is 0 Å². The van der Waals surface area contributed by atoms with Crippen LogP contribution in [-0.4, -0.2) is 25.7 Å². The number of aromatic carboxylic acids is 1. The minimum atomic E-state index is -0.951. The molecule has 0 bridgehead atoms. The summed E-state index contributed by atoms with van der Waals surface area (Å²) in [5, 5.41) is 13.0. The Bertz CT molecular complexity index is 779. The number of benzene rings is 1. The number of fused-ring (bicyclic) bond motifs is 1. The molecule has 0 fully saturated rings. The highest BCUT2D eigenvalue weighted by Crippen LogP contribution is 2.21. The molecule has 0 spiro atoms. The highest BCUT2D eigenvalue weighted by Gasteiger charge is 2.06. The normalized spacial score (nSPS) is 10.7. The largest absolute Gasteiger partial charge is 0.478 e. The molecule has 0 saturated carbocycles. The second-order valence-electron chi connectivity index (χ2n) is 4.08. The van der Waals surface area contributed by atoms with Gasteiger partial charge in [0.2, 0.25) is 5.95 Å². The summed E-state index contributed by atoms with van der Waals surface area (Å²) >= 11 is 0. The first-order chi connectivity index (χ1) is 9.13. The van der Waals surface area contributed by atoms with Gasteiger partial charge in [0.15, 0.2) is 5.65 Å². The van der Waals surface area contributed by atoms with Gasteiger partial charge >= 0.3 is 5.97 Å². The lowest BCUT2D eigenvalue weighted by Gasteiger charge is -2.03. The fourth-order valence-electron chi connectivity index (χ4n) is 1.90. The van der Waals surface area contributed by atoms with Crippen molar-refractivity contribution in [1.29, 1.82) is 0 Å². The summed E-state index contributed by atoms with van der Waals surface area (Å²) in [6.07, 6.45) is 1.76. The summed E-state index contributed by atoms with van der Waals surface area (Å²) in [5.74, 6) is -0.746. The molecule has 3 N–H and O–H groups in total. The standard InChI is InChI=1S/C13H10N4O2/c14-13-15-11-5-4-10(7-17(11)16-13)8-2-1-3-9(6-8)12(18)19/h1-7H,(H2,14,16)(H,18,19). The van der Waals surface area contributed by atoms with E-state index >= 15 is 0 Å². The average Bonchev–Trinajstić information content (AvgIpc) is 2.77.